The van der Waals surface area contributed by atoms with Crippen molar-refractivity contribution >= 4 is 11.0 Å². The van der Waals surface area contributed by atoms with Crippen LogP contribution in [0.3, 0.4) is 0 Å². The van der Waals surface area contributed by atoms with Crippen molar-refractivity contribution in [3.05, 3.63) is 42.5 Å². The first-order valence-electron chi connectivity index (χ1n) is 7.61. The van der Waals surface area contributed by atoms with Gasteiger partial charge < -0.3 is 9.26 Å². The highest BCUT2D eigenvalue weighted by molar-refractivity contribution is 5.80. The van der Waals surface area contributed by atoms with Crippen LogP contribution in [0, 0.1) is 0 Å². The van der Waals surface area contributed by atoms with Crippen molar-refractivity contribution in [1.82, 2.24) is 25.1 Å². The molecule has 0 aliphatic rings. The molecule has 2 aromatic heterocycles. The SMILES string of the molecule is CCn1nnc2ccc(-c3noc(-c4ccccc4OC)n3)cc21. The Balaban J connectivity index is 1.77. The number of methoxy groups -OCH3 is 1. The van der Waals surface area contributed by atoms with Crippen LogP contribution in [0.5, 0.6) is 5.75 Å². The fourth-order valence-electron chi connectivity index (χ4n) is 2.61. The van der Waals surface area contributed by atoms with Gasteiger partial charge >= 0.3 is 0 Å². The van der Waals surface area contributed by atoms with Gasteiger partial charge in [-0.1, -0.05) is 22.5 Å². The molecule has 0 aliphatic heterocycles. The van der Waals surface area contributed by atoms with Crippen LogP contribution in [0.1, 0.15) is 6.92 Å². The van der Waals surface area contributed by atoms with E-state index >= 15 is 0 Å². The van der Waals surface area contributed by atoms with E-state index in [1.165, 1.54) is 0 Å². The molecule has 4 aromatic rings. The van der Waals surface area contributed by atoms with Gasteiger partial charge in [-0.15, -0.1) is 5.10 Å². The second kappa shape index (κ2) is 5.77. The largest absolute Gasteiger partial charge is 0.496 e. The third-order valence-corrected chi connectivity index (χ3v) is 3.84. The fraction of sp³-hybridized carbons (Fsp3) is 0.176. The number of fused-ring (bicyclic) bond motifs is 1. The smallest absolute Gasteiger partial charge is 0.262 e. The molecule has 0 unspecified atom stereocenters. The molecule has 120 valence electrons. The van der Waals surface area contributed by atoms with Crippen molar-refractivity contribution in [3.8, 4) is 28.6 Å². The van der Waals surface area contributed by atoms with Crippen LogP contribution in [0.2, 0.25) is 0 Å². The van der Waals surface area contributed by atoms with E-state index in [4.69, 9.17) is 9.26 Å². The first-order chi connectivity index (χ1) is 11.8. The van der Waals surface area contributed by atoms with Gasteiger partial charge in [-0.3, -0.25) is 0 Å². The van der Waals surface area contributed by atoms with Gasteiger partial charge in [0.15, 0.2) is 0 Å². The van der Waals surface area contributed by atoms with Gasteiger partial charge in [0.05, 0.1) is 18.2 Å². The molecule has 0 atom stereocenters. The monoisotopic (exact) mass is 321 g/mol. The number of benzene rings is 2. The minimum absolute atomic E-state index is 0.421. The van der Waals surface area contributed by atoms with Crippen molar-refractivity contribution in [3.63, 3.8) is 0 Å². The van der Waals surface area contributed by atoms with Crippen LogP contribution < -0.4 is 4.74 Å². The summed E-state index contributed by atoms with van der Waals surface area (Å²) < 4.78 is 12.6. The predicted molar refractivity (Wildman–Crippen MR) is 88.5 cm³/mol. The maximum atomic E-state index is 5.42. The molecule has 0 amide bonds. The van der Waals surface area contributed by atoms with Crippen LogP contribution in [0.25, 0.3) is 33.9 Å². The Labute approximate surface area is 137 Å². The lowest BCUT2D eigenvalue weighted by Crippen LogP contribution is -1.96. The van der Waals surface area contributed by atoms with Gasteiger partial charge in [0.1, 0.15) is 11.3 Å². The summed E-state index contributed by atoms with van der Waals surface area (Å²) in [6, 6.07) is 13.3. The predicted octanol–water partition coefficient (Wildman–Crippen LogP) is 3.18. The first kappa shape index (κ1) is 14.4. The van der Waals surface area contributed by atoms with Crippen LogP contribution in [0.4, 0.5) is 0 Å². The quantitative estimate of drug-likeness (QED) is 0.574. The van der Waals surface area contributed by atoms with Crippen LogP contribution in [-0.2, 0) is 6.54 Å². The van der Waals surface area contributed by atoms with E-state index < -0.39 is 0 Å². The Bertz CT molecular complexity index is 1010. The van der Waals surface area contributed by atoms with Crippen molar-refractivity contribution in [2.24, 2.45) is 0 Å². The second-order valence-corrected chi connectivity index (χ2v) is 5.23. The number of nitrogens with zero attached hydrogens (tertiary/aromatic N) is 5. The summed E-state index contributed by atoms with van der Waals surface area (Å²) in [7, 11) is 1.61. The number of hydrogen-bond donors (Lipinski definition) is 0. The zero-order chi connectivity index (χ0) is 16.5. The number of aromatic nitrogens is 5. The minimum atomic E-state index is 0.421. The minimum Gasteiger partial charge on any atom is -0.496 e. The molecule has 0 aliphatic carbocycles. The molecule has 24 heavy (non-hydrogen) atoms. The first-order valence-corrected chi connectivity index (χ1v) is 7.61. The van der Waals surface area contributed by atoms with E-state index in [0.29, 0.717) is 17.5 Å². The Morgan fingerprint density at radius 2 is 2.04 bits per heavy atom. The van der Waals surface area contributed by atoms with E-state index in [9.17, 15) is 0 Å². The molecular weight excluding hydrogens is 306 g/mol. The topological polar surface area (TPSA) is 78.9 Å². The van der Waals surface area contributed by atoms with E-state index in [2.05, 4.69) is 20.5 Å². The summed E-state index contributed by atoms with van der Waals surface area (Å²) in [5.74, 6) is 1.63. The molecular formula is C17H15N5O2. The van der Waals surface area contributed by atoms with Crippen molar-refractivity contribution in [2.75, 3.05) is 7.11 Å². The highest BCUT2D eigenvalue weighted by Crippen LogP contribution is 2.30. The van der Waals surface area contributed by atoms with E-state index in [1.54, 1.807) is 7.11 Å². The lowest BCUT2D eigenvalue weighted by Gasteiger charge is -2.02. The van der Waals surface area contributed by atoms with E-state index in [0.717, 1.165) is 28.7 Å². The molecule has 0 radical (unpaired) electrons. The van der Waals surface area contributed by atoms with Gasteiger partial charge in [-0.25, -0.2) is 4.68 Å². The van der Waals surface area contributed by atoms with Gasteiger partial charge in [-0.2, -0.15) is 4.98 Å². The lowest BCUT2D eigenvalue weighted by molar-refractivity contribution is 0.405. The zero-order valence-corrected chi connectivity index (χ0v) is 13.3. The Kier molecular flexibility index (Phi) is 3.45. The molecule has 4 rings (SSSR count). The summed E-state index contributed by atoms with van der Waals surface area (Å²) in [5.41, 5.74) is 3.40. The number of hydrogen-bond acceptors (Lipinski definition) is 6. The van der Waals surface area contributed by atoms with Gasteiger partial charge in [-0.05, 0) is 37.3 Å². The molecule has 7 nitrogen and oxygen atoms in total. The van der Waals surface area contributed by atoms with Gasteiger partial charge in [0, 0.05) is 12.1 Å². The average molecular weight is 321 g/mol. The Morgan fingerprint density at radius 3 is 2.88 bits per heavy atom. The van der Waals surface area contributed by atoms with Crippen LogP contribution in [0.15, 0.2) is 47.0 Å². The summed E-state index contributed by atoms with van der Waals surface area (Å²) in [5, 5.41) is 12.3. The Morgan fingerprint density at radius 1 is 1.17 bits per heavy atom. The maximum absolute atomic E-state index is 5.42. The zero-order valence-electron chi connectivity index (χ0n) is 13.3. The van der Waals surface area contributed by atoms with E-state index in [-0.39, 0.29) is 0 Å². The third-order valence-electron chi connectivity index (χ3n) is 3.84. The highest BCUT2D eigenvalue weighted by Gasteiger charge is 2.15. The summed E-state index contributed by atoms with van der Waals surface area (Å²) in [6.07, 6.45) is 0. The number of rotatable bonds is 4. The van der Waals surface area contributed by atoms with Crippen LogP contribution >= 0.6 is 0 Å². The molecule has 0 bridgehead atoms. The molecule has 0 saturated carbocycles. The normalized spacial score (nSPS) is 11.1. The van der Waals surface area contributed by atoms with Gasteiger partial charge in [0.2, 0.25) is 5.82 Å². The van der Waals surface area contributed by atoms with Crippen molar-refractivity contribution in [1.29, 1.82) is 0 Å². The fourth-order valence-corrected chi connectivity index (χ4v) is 2.61. The van der Waals surface area contributed by atoms with Crippen molar-refractivity contribution in [2.45, 2.75) is 13.5 Å². The molecule has 7 heteroatoms. The Hall–Kier alpha value is -3.22. The molecule has 0 N–H and O–H groups in total. The summed E-state index contributed by atoms with van der Waals surface area (Å²) in [4.78, 5) is 4.50. The lowest BCUT2D eigenvalue weighted by atomic mass is 10.2. The third kappa shape index (κ3) is 2.30. The summed E-state index contributed by atoms with van der Waals surface area (Å²) >= 11 is 0. The van der Waals surface area contributed by atoms with E-state index in [1.807, 2.05) is 54.1 Å². The average Bonchev–Trinajstić information content (AvgIpc) is 3.28. The van der Waals surface area contributed by atoms with Crippen LogP contribution in [-0.4, -0.2) is 32.2 Å². The van der Waals surface area contributed by atoms with Gasteiger partial charge in [0.25, 0.3) is 5.89 Å². The number of aryl methyl sites for hydroxylation is 1. The maximum Gasteiger partial charge on any atom is 0.262 e. The molecule has 0 saturated heterocycles. The summed E-state index contributed by atoms with van der Waals surface area (Å²) in [6.45, 7) is 2.77. The standard InChI is InChI=1S/C17H15N5O2/c1-3-22-14-10-11(8-9-13(14)19-21-22)16-18-17(24-20-16)12-6-4-5-7-15(12)23-2/h4-10H,3H2,1-2H3. The highest BCUT2D eigenvalue weighted by atomic mass is 16.5. The molecule has 2 heterocycles. The molecule has 2 aromatic carbocycles. The molecule has 0 fully saturated rings. The van der Waals surface area contributed by atoms with Crippen molar-refractivity contribution < 1.29 is 9.26 Å². The molecule has 0 spiro atoms. The number of ether oxygens (including phenoxy) is 1. The second-order valence-electron chi connectivity index (χ2n) is 5.23. The number of para-hydroxylation sites is 1.